The summed E-state index contributed by atoms with van der Waals surface area (Å²) in [5.74, 6) is -1.03. The standard InChI is InChI=1S/C14H20N2O4S/c1-10-9-11(14(17)18)7-8-16(10)12-3-5-13(6-4-12)21(19,20)15-2/h3-6,10-11,15H,7-9H2,1-2H3,(H,17,18). The molecule has 1 fully saturated rings. The number of aliphatic carboxylic acids is 1. The van der Waals surface area contributed by atoms with Crippen molar-refractivity contribution in [3.8, 4) is 0 Å². The van der Waals surface area contributed by atoms with E-state index in [1.807, 2.05) is 6.92 Å². The fraction of sp³-hybridized carbons (Fsp3) is 0.500. The zero-order chi connectivity index (χ0) is 15.6. The monoisotopic (exact) mass is 312 g/mol. The van der Waals surface area contributed by atoms with Gasteiger partial charge < -0.3 is 10.0 Å². The van der Waals surface area contributed by atoms with E-state index < -0.39 is 16.0 Å². The van der Waals surface area contributed by atoms with E-state index in [1.54, 1.807) is 24.3 Å². The number of carbonyl (C=O) groups is 1. The number of hydrogen-bond donors (Lipinski definition) is 2. The molecule has 0 radical (unpaired) electrons. The van der Waals surface area contributed by atoms with Crippen LogP contribution in [-0.2, 0) is 14.8 Å². The number of hydrogen-bond acceptors (Lipinski definition) is 4. The van der Waals surface area contributed by atoms with Crippen LogP contribution in [0, 0.1) is 5.92 Å². The smallest absolute Gasteiger partial charge is 0.306 e. The first-order chi connectivity index (χ1) is 9.85. The molecule has 2 atom stereocenters. The van der Waals surface area contributed by atoms with E-state index >= 15 is 0 Å². The number of sulfonamides is 1. The third-order valence-corrected chi connectivity index (χ3v) is 5.40. The number of carboxylic acid groups (broad SMARTS) is 1. The van der Waals surface area contributed by atoms with Gasteiger partial charge in [-0.05, 0) is 51.1 Å². The second-order valence-electron chi connectivity index (χ2n) is 5.30. The van der Waals surface area contributed by atoms with E-state index in [9.17, 15) is 13.2 Å². The fourth-order valence-electron chi connectivity index (χ4n) is 2.71. The van der Waals surface area contributed by atoms with Crippen molar-refractivity contribution in [2.45, 2.75) is 30.7 Å². The van der Waals surface area contributed by atoms with Crippen LogP contribution in [0.4, 0.5) is 5.69 Å². The summed E-state index contributed by atoms with van der Waals surface area (Å²) in [6, 6.07) is 6.78. The van der Waals surface area contributed by atoms with Gasteiger partial charge in [-0.25, -0.2) is 13.1 Å². The predicted molar refractivity (Wildman–Crippen MR) is 79.9 cm³/mol. The van der Waals surface area contributed by atoms with Gasteiger partial charge in [-0.2, -0.15) is 0 Å². The molecule has 116 valence electrons. The molecule has 0 aliphatic carbocycles. The maximum Gasteiger partial charge on any atom is 0.306 e. The summed E-state index contributed by atoms with van der Waals surface area (Å²) < 4.78 is 25.6. The maximum atomic E-state index is 11.7. The first-order valence-electron chi connectivity index (χ1n) is 6.88. The highest BCUT2D eigenvalue weighted by Gasteiger charge is 2.29. The summed E-state index contributed by atoms with van der Waals surface area (Å²) >= 11 is 0. The van der Waals surface area contributed by atoms with E-state index in [4.69, 9.17) is 5.11 Å². The van der Waals surface area contributed by atoms with Crippen LogP contribution in [0.25, 0.3) is 0 Å². The Morgan fingerprint density at radius 2 is 1.95 bits per heavy atom. The molecule has 1 heterocycles. The quantitative estimate of drug-likeness (QED) is 0.874. The SMILES string of the molecule is CNS(=O)(=O)c1ccc(N2CCC(C(=O)O)CC2C)cc1. The molecule has 21 heavy (non-hydrogen) atoms. The number of benzene rings is 1. The van der Waals surface area contributed by atoms with Crippen molar-refractivity contribution in [2.75, 3.05) is 18.5 Å². The normalized spacial score (nSPS) is 23.0. The van der Waals surface area contributed by atoms with Crippen LogP contribution in [0.2, 0.25) is 0 Å². The lowest BCUT2D eigenvalue weighted by Gasteiger charge is -2.38. The minimum absolute atomic E-state index is 0.117. The zero-order valence-electron chi connectivity index (χ0n) is 12.1. The number of nitrogens with one attached hydrogen (secondary N) is 1. The highest BCUT2D eigenvalue weighted by Crippen LogP contribution is 2.28. The van der Waals surface area contributed by atoms with Gasteiger partial charge in [-0.1, -0.05) is 0 Å². The van der Waals surface area contributed by atoms with Crippen LogP contribution in [-0.4, -0.2) is 39.1 Å². The summed E-state index contributed by atoms with van der Waals surface area (Å²) in [7, 11) is -2.05. The van der Waals surface area contributed by atoms with Crippen molar-refractivity contribution in [1.29, 1.82) is 0 Å². The topological polar surface area (TPSA) is 86.7 Å². The highest BCUT2D eigenvalue weighted by atomic mass is 32.2. The van der Waals surface area contributed by atoms with Gasteiger partial charge in [0.05, 0.1) is 10.8 Å². The number of nitrogens with zero attached hydrogens (tertiary/aromatic N) is 1. The molecule has 2 N–H and O–H groups in total. The Bertz CT molecular complexity index is 612. The highest BCUT2D eigenvalue weighted by molar-refractivity contribution is 7.89. The summed E-state index contributed by atoms with van der Waals surface area (Å²) in [4.78, 5) is 13.4. The Kier molecular flexibility index (Phi) is 4.53. The molecule has 0 saturated carbocycles. The third-order valence-electron chi connectivity index (χ3n) is 3.97. The van der Waals surface area contributed by atoms with Crippen LogP contribution in [0.1, 0.15) is 19.8 Å². The van der Waals surface area contributed by atoms with Crippen molar-refractivity contribution in [2.24, 2.45) is 5.92 Å². The van der Waals surface area contributed by atoms with Crippen molar-refractivity contribution in [1.82, 2.24) is 4.72 Å². The number of carboxylic acids is 1. The van der Waals surface area contributed by atoms with Gasteiger partial charge in [0, 0.05) is 18.3 Å². The Morgan fingerprint density at radius 1 is 1.33 bits per heavy atom. The fourth-order valence-corrected chi connectivity index (χ4v) is 3.44. The van der Waals surface area contributed by atoms with Crippen molar-refractivity contribution in [3.63, 3.8) is 0 Å². The zero-order valence-corrected chi connectivity index (χ0v) is 12.9. The van der Waals surface area contributed by atoms with Crippen molar-refractivity contribution >= 4 is 21.7 Å². The van der Waals surface area contributed by atoms with Crippen molar-refractivity contribution < 1.29 is 18.3 Å². The first kappa shape index (κ1) is 15.8. The van der Waals surface area contributed by atoms with Gasteiger partial charge in [0.1, 0.15) is 0 Å². The number of piperidine rings is 1. The molecule has 0 bridgehead atoms. The lowest BCUT2D eigenvalue weighted by molar-refractivity contribution is -0.142. The Balaban J connectivity index is 2.15. The van der Waals surface area contributed by atoms with Gasteiger partial charge >= 0.3 is 5.97 Å². The first-order valence-corrected chi connectivity index (χ1v) is 8.36. The van der Waals surface area contributed by atoms with Gasteiger partial charge in [0.25, 0.3) is 0 Å². The van der Waals surface area contributed by atoms with E-state index in [0.717, 1.165) is 5.69 Å². The molecule has 1 aliphatic rings. The minimum atomic E-state index is -3.43. The van der Waals surface area contributed by atoms with Crippen molar-refractivity contribution in [3.05, 3.63) is 24.3 Å². The van der Waals surface area contributed by atoms with Crippen LogP contribution in [0.5, 0.6) is 0 Å². The Labute approximate surface area is 124 Å². The molecule has 6 nitrogen and oxygen atoms in total. The molecular weight excluding hydrogens is 292 g/mol. The second kappa shape index (κ2) is 6.03. The van der Waals surface area contributed by atoms with Gasteiger partial charge in [-0.3, -0.25) is 4.79 Å². The van der Waals surface area contributed by atoms with E-state index in [2.05, 4.69) is 9.62 Å². The van der Waals surface area contributed by atoms with Crippen LogP contribution in [0.3, 0.4) is 0 Å². The van der Waals surface area contributed by atoms with Gasteiger partial charge in [-0.15, -0.1) is 0 Å². The summed E-state index contributed by atoms with van der Waals surface area (Å²) in [5, 5.41) is 9.07. The van der Waals surface area contributed by atoms with Crippen LogP contribution in [0.15, 0.2) is 29.2 Å². The van der Waals surface area contributed by atoms with Crippen LogP contribution >= 0.6 is 0 Å². The molecular formula is C14H20N2O4S. The van der Waals surface area contributed by atoms with E-state index in [-0.39, 0.29) is 16.9 Å². The molecule has 0 aromatic heterocycles. The maximum absolute atomic E-state index is 11.7. The molecule has 0 spiro atoms. The molecule has 0 amide bonds. The molecule has 2 unspecified atom stereocenters. The Hall–Kier alpha value is -1.60. The molecule has 1 aromatic rings. The Morgan fingerprint density at radius 3 is 2.43 bits per heavy atom. The average molecular weight is 312 g/mol. The summed E-state index contributed by atoms with van der Waals surface area (Å²) in [6.07, 6.45) is 1.21. The number of rotatable bonds is 4. The number of anilines is 1. The second-order valence-corrected chi connectivity index (χ2v) is 7.19. The molecule has 2 rings (SSSR count). The average Bonchev–Trinajstić information content (AvgIpc) is 2.47. The largest absolute Gasteiger partial charge is 0.481 e. The minimum Gasteiger partial charge on any atom is -0.481 e. The van der Waals surface area contributed by atoms with E-state index in [0.29, 0.717) is 19.4 Å². The lowest BCUT2D eigenvalue weighted by atomic mass is 9.91. The predicted octanol–water partition coefficient (Wildman–Crippen LogP) is 1.28. The van der Waals surface area contributed by atoms with Crippen LogP contribution < -0.4 is 9.62 Å². The molecule has 1 aromatic carbocycles. The summed E-state index contributed by atoms with van der Waals surface area (Å²) in [5.41, 5.74) is 0.918. The summed E-state index contributed by atoms with van der Waals surface area (Å²) in [6.45, 7) is 2.66. The molecule has 1 saturated heterocycles. The molecule has 1 aliphatic heterocycles. The van der Waals surface area contributed by atoms with E-state index in [1.165, 1.54) is 7.05 Å². The van der Waals surface area contributed by atoms with Gasteiger partial charge in [0.2, 0.25) is 10.0 Å². The van der Waals surface area contributed by atoms with Gasteiger partial charge in [0.15, 0.2) is 0 Å². The third kappa shape index (κ3) is 3.36. The lowest BCUT2D eigenvalue weighted by Crippen LogP contribution is -2.42. The molecule has 7 heteroatoms.